The van der Waals surface area contributed by atoms with Crippen LogP contribution in [0.5, 0.6) is 0 Å². The van der Waals surface area contributed by atoms with E-state index in [1.807, 2.05) is 19.9 Å². The lowest BCUT2D eigenvalue weighted by molar-refractivity contribution is 0.201. The zero-order valence-electron chi connectivity index (χ0n) is 13.8. The Morgan fingerprint density at radius 1 is 1.33 bits per heavy atom. The van der Waals surface area contributed by atoms with Crippen LogP contribution in [-0.4, -0.2) is 53.8 Å². The van der Waals surface area contributed by atoms with Crippen molar-refractivity contribution in [3.63, 3.8) is 0 Å². The third kappa shape index (κ3) is 3.07. The van der Waals surface area contributed by atoms with Crippen LogP contribution in [0.25, 0.3) is 5.78 Å². The molecule has 126 valence electrons. The van der Waals surface area contributed by atoms with Crippen LogP contribution in [0.1, 0.15) is 30.3 Å². The van der Waals surface area contributed by atoms with E-state index >= 15 is 0 Å². The number of hydrogen-bond acceptors (Lipinski definition) is 8. The minimum Gasteiger partial charge on any atom is -0.366 e. The molecule has 4 rings (SSSR count). The van der Waals surface area contributed by atoms with Crippen molar-refractivity contribution >= 4 is 11.6 Å². The number of likely N-dealkylation sites (tertiary alicyclic amines) is 1. The summed E-state index contributed by atoms with van der Waals surface area (Å²) >= 11 is 0. The van der Waals surface area contributed by atoms with Crippen molar-refractivity contribution in [1.82, 2.24) is 34.6 Å². The predicted molar refractivity (Wildman–Crippen MR) is 86.5 cm³/mol. The van der Waals surface area contributed by atoms with Crippen LogP contribution in [0.3, 0.4) is 0 Å². The van der Waals surface area contributed by atoms with E-state index in [0.29, 0.717) is 24.3 Å². The Hall–Kier alpha value is -2.55. The standard InChI is InChI=1S/C15H20N8O/c1-10-6-14(23-15(18-10)16-9-17-23)20-12-4-3-5-22(7-12)8-13-19-11(2)24-21-13/h6,9,12,20H,3-5,7-8H2,1-2H3/t12-/m1/s1. The number of aromatic nitrogens is 6. The smallest absolute Gasteiger partial charge is 0.254 e. The van der Waals surface area contributed by atoms with Gasteiger partial charge in [-0.25, -0.2) is 4.98 Å². The van der Waals surface area contributed by atoms with E-state index in [4.69, 9.17) is 4.52 Å². The van der Waals surface area contributed by atoms with Crippen LogP contribution >= 0.6 is 0 Å². The number of fused-ring (bicyclic) bond motifs is 1. The van der Waals surface area contributed by atoms with E-state index in [1.54, 1.807) is 4.52 Å². The van der Waals surface area contributed by atoms with Gasteiger partial charge in [0.2, 0.25) is 5.89 Å². The van der Waals surface area contributed by atoms with Gasteiger partial charge in [-0.2, -0.15) is 19.6 Å². The molecule has 0 amide bonds. The van der Waals surface area contributed by atoms with Crippen LogP contribution in [0.4, 0.5) is 5.82 Å². The molecule has 0 aliphatic carbocycles. The number of piperidine rings is 1. The van der Waals surface area contributed by atoms with Crippen molar-refractivity contribution in [3.8, 4) is 0 Å². The fourth-order valence-corrected chi connectivity index (χ4v) is 3.17. The summed E-state index contributed by atoms with van der Waals surface area (Å²) in [5.74, 6) is 2.90. The van der Waals surface area contributed by atoms with Crippen LogP contribution in [0, 0.1) is 13.8 Å². The quantitative estimate of drug-likeness (QED) is 0.763. The lowest BCUT2D eigenvalue weighted by Crippen LogP contribution is -2.42. The SMILES string of the molecule is Cc1cc(N[C@@H]2CCCN(Cc3noc(C)n3)C2)n2ncnc2n1. The van der Waals surface area contributed by atoms with Crippen molar-refractivity contribution in [1.29, 1.82) is 0 Å². The van der Waals surface area contributed by atoms with E-state index in [1.165, 1.54) is 6.33 Å². The summed E-state index contributed by atoms with van der Waals surface area (Å²) in [6.07, 6.45) is 3.76. The number of anilines is 1. The van der Waals surface area contributed by atoms with Crippen molar-refractivity contribution in [3.05, 3.63) is 29.8 Å². The van der Waals surface area contributed by atoms with Crippen molar-refractivity contribution in [2.45, 2.75) is 39.3 Å². The first-order chi connectivity index (χ1) is 11.7. The van der Waals surface area contributed by atoms with E-state index < -0.39 is 0 Å². The summed E-state index contributed by atoms with van der Waals surface area (Å²) in [5, 5.41) is 11.8. The number of rotatable bonds is 4. The molecular formula is C15H20N8O. The number of aryl methyl sites for hydroxylation is 2. The Bertz CT molecular complexity index is 841. The van der Waals surface area contributed by atoms with Gasteiger partial charge in [-0.3, -0.25) is 4.90 Å². The van der Waals surface area contributed by atoms with Gasteiger partial charge in [0, 0.05) is 31.3 Å². The molecule has 9 nitrogen and oxygen atoms in total. The molecule has 0 bridgehead atoms. The highest BCUT2D eigenvalue weighted by molar-refractivity contribution is 5.45. The minimum atomic E-state index is 0.334. The summed E-state index contributed by atoms with van der Waals surface area (Å²) < 4.78 is 6.80. The van der Waals surface area contributed by atoms with Crippen molar-refractivity contribution < 1.29 is 4.52 Å². The van der Waals surface area contributed by atoms with Gasteiger partial charge in [0.25, 0.3) is 5.78 Å². The Labute approximate surface area is 139 Å². The Kier molecular flexibility index (Phi) is 3.85. The molecular weight excluding hydrogens is 308 g/mol. The maximum atomic E-state index is 5.05. The van der Waals surface area contributed by atoms with Gasteiger partial charge >= 0.3 is 0 Å². The molecule has 1 aliphatic rings. The lowest BCUT2D eigenvalue weighted by atomic mass is 10.1. The van der Waals surface area contributed by atoms with Crippen LogP contribution in [0.2, 0.25) is 0 Å². The fourth-order valence-electron chi connectivity index (χ4n) is 3.17. The predicted octanol–water partition coefficient (Wildman–Crippen LogP) is 1.20. The van der Waals surface area contributed by atoms with Gasteiger partial charge in [0.05, 0.1) is 6.54 Å². The summed E-state index contributed by atoms with van der Waals surface area (Å²) in [4.78, 5) is 15.2. The third-order valence-corrected chi connectivity index (χ3v) is 4.17. The summed E-state index contributed by atoms with van der Waals surface area (Å²) in [6.45, 7) is 6.45. The highest BCUT2D eigenvalue weighted by atomic mass is 16.5. The van der Waals surface area contributed by atoms with Gasteiger partial charge < -0.3 is 9.84 Å². The van der Waals surface area contributed by atoms with Gasteiger partial charge in [0.15, 0.2) is 5.82 Å². The first-order valence-electron chi connectivity index (χ1n) is 8.13. The maximum Gasteiger partial charge on any atom is 0.254 e. The number of nitrogens with one attached hydrogen (secondary N) is 1. The monoisotopic (exact) mass is 328 g/mol. The molecule has 9 heteroatoms. The second-order valence-corrected chi connectivity index (χ2v) is 6.20. The topological polar surface area (TPSA) is 97.3 Å². The summed E-state index contributed by atoms with van der Waals surface area (Å²) in [7, 11) is 0. The zero-order chi connectivity index (χ0) is 16.5. The fraction of sp³-hybridized carbons (Fsp3) is 0.533. The van der Waals surface area contributed by atoms with Crippen LogP contribution < -0.4 is 5.32 Å². The molecule has 1 N–H and O–H groups in total. The second kappa shape index (κ2) is 6.16. The Morgan fingerprint density at radius 3 is 3.08 bits per heavy atom. The third-order valence-electron chi connectivity index (χ3n) is 4.17. The molecule has 1 atom stereocenters. The van der Waals surface area contributed by atoms with Crippen LogP contribution in [-0.2, 0) is 6.54 Å². The molecule has 4 heterocycles. The molecule has 0 radical (unpaired) electrons. The van der Waals surface area contributed by atoms with Gasteiger partial charge in [-0.05, 0) is 26.3 Å². The van der Waals surface area contributed by atoms with E-state index in [-0.39, 0.29) is 0 Å². The van der Waals surface area contributed by atoms with Gasteiger partial charge in [0.1, 0.15) is 12.1 Å². The molecule has 1 fully saturated rings. The zero-order valence-corrected chi connectivity index (χ0v) is 13.8. The normalized spacial score (nSPS) is 19.0. The number of hydrogen-bond donors (Lipinski definition) is 1. The molecule has 0 saturated carbocycles. The molecule has 1 saturated heterocycles. The largest absolute Gasteiger partial charge is 0.366 e. The molecule has 0 aromatic carbocycles. The molecule has 0 spiro atoms. The maximum absolute atomic E-state index is 5.05. The van der Waals surface area contributed by atoms with E-state index in [9.17, 15) is 0 Å². The average Bonchev–Trinajstić information content (AvgIpc) is 3.16. The molecule has 3 aromatic rings. The van der Waals surface area contributed by atoms with Gasteiger partial charge in [-0.1, -0.05) is 5.16 Å². The van der Waals surface area contributed by atoms with Crippen molar-refractivity contribution in [2.24, 2.45) is 0 Å². The minimum absolute atomic E-state index is 0.334. The second-order valence-electron chi connectivity index (χ2n) is 6.20. The molecule has 3 aromatic heterocycles. The highest BCUT2D eigenvalue weighted by Gasteiger charge is 2.22. The Balaban J connectivity index is 1.47. The first-order valence-corrected chi connectivity index (χ1v) is 8.13. The van der Waals surface area contributed by atoms with Crippen molar-refractivity contribution in [2.75, 3.05) is 18.4 Å². The van der Waals surface area contributed by atoms with E-state index in [2.05, 4.69) is 35.4 Å². The lowest BCUT2D eigenvalue weighted by Gasteiger charge is -2.32. The summed E-state index contributed by atoms with van der Waals surface area (Å²) in [5.41, 5.74) is 0.924. The van der Waals surface area contributed by atoms with Crippen LogP contribution in [0.15, 0.2) is 16.9 Å². The van der Waals surface area contributed by atoms with Gasteiger partial charge in [-0.15, -0.1) is 0 Å². The molecule has 0 unspecified atom stereocenters. The summed E-state index contributed by atoms with van der Waals surface area (Å²) in [6, 6.07) is 2.34. The highest BCUT2D eigenvalue weighted by Crippen LogP contribution is 2.18. The number of nitrogens with zero attached hydrogens (tertiary/aromatic N) is 7. The first kappa shape index (κ1) is 15.0. The Morgan fingerprint density at radius 2 is 2.25 bits per heavy atom. The van der Waals surface area contributed by atoms with E-state index in [0.717, 1.165) is 43.3 Å². The molecule has 24 heavy (non-hydrogen) atoms. The molecule has 1 aliphatic heterocycles. The average molecular weight is 328 g/mol.